The van der Waals surface area contributed by atoms with Crippen LogP contribution >= 0.6 is 0 Å². The number of hydrogen-bond acceptors (Lipinski definition) is 1. The fourth-order valence-electron chi connectivity index (χ4n) is 3.77. The molecular formula is C15H20FN. The van der Waals surface area contributed by atoms with Crippen LogP contribution < -0.4 is 5.32 Å². The van der Waals surface area contributed by atoms with Gasteiger partial charge in [0.2, 0.25) is 0 Å². The van der Waals surface area contributed by atoms with E-state index in [2.05, 4.69) is 12.2 Å². The summed E-state index contributed by atoms with van der Waals surface area (Å²) in [5.41, 5.74) is 0.869. The van der Waals surface area contributed by atoms with Gasteiger partial charge in [-0.3, -0.25) is 0 Å². The molecule has 3 unspecified atom stereocenters. The van der Waals surface area contributed by atoms with Gasteiger partial charge in [-0.1, -0.05) is 31.5 Å². The number of fused-ring (bicyclic) bond motifs is 1. The van der Waals surface area contributed by atoms with E-state index >= 15 is 0 Å². The molecule has 0 spiro atoms. The predicted octanol–water partition coefficient (Wildman–Crippen LogP) is 3.52. The fraction of sp³-hybridized carbons (Fsp3) is 0.600. The van der Waals surface area contributed by atoms with E-state index in [0.717, 1.165) is 23.9 Å². The van der Waals surface area contributed by atoms with E-state index in [1.54, 1.807) is 12.1 Å². The molecule has 2 heteroatoms. The molecule has 3 atom stereocenters. The highest BCUT2D eigenvalue weighted by atomic mass is 19.1. The van der Waals surface area contributed by atoms with Gasteiger partial charge in [0.05, 0.1) is 0 Å². The highest BCUT2D eigenvalue weighted by Gasteiger charge is 2.56. The summed E-state index contributed by atoms with van der Waals surface area (Å²) < 4.78 is 13.9. The van der Waals surface area contributed by atoms with E-state index in [0.29, 0.717) is 5.92 Å². The first kappa shape index (κ1) is 11.2. The second-order valence-corrected chi connectivity index (χ2v) is 5.39. The van der Waals surface area contributed by atoms with Crippen LogP contribution in [-0.4, -0.2) is 6.54 Å². The van der Waals surface area contributed by atoms with Crippen LogP contribution in [0.25, 0.3) is 0 Å². The van der Waals surface area contributed by atoms with E-state index in [1.165, 1.54) is 19.3 Å². The van der Waals surface area contributed by atoms with Crippen molar-refractivity contribution in [2.45, 2.75) is 32.2 Å². The summed E-state index contributed by atoms with van der Waals surface area (Å²) in [7, 11) is 0. The van der Waals surface area contributed by atoms with Crippen molar-refractivity contribution < 1.29 is 4.39 Å². The maximum atomic E-state index is 13.9. The minimum Gasteiger partial charge on any atom is -0.310 e. The molecule has 1 nitrogen and oxygen atoms in total. The van der Waals surface area contributed by atoms with Crippen LogP contribution in [-0.2, 0) is 0 Å². The SMILES string of the molecule is CCNC(c1ccccc1F)C1C2CCCC21. The summed E-state index contributed by atoms with van der Waals surface area (Å²) in [5, 5.41) is 3.49. The summed E-state index contributed by atoms with van der Waals surface area (Å²) in [4.78, 5) is 0. The lowest BCUT2D eigenvalue weighted by Gasteiger charge is -2.20. The minimum atomic E-state index is -0.0524. The quantitative estimate of drug-likeness (QED) is 0.839. The fourth-order valence-corrected chi connectivity index (χ4v) is 3.77. The van der Waals surface area contributed by atoms with Gasteiger partial charge in [-0.05, 0) is 43.2 Å². The molecule has 17 heavy (non-hydrogen) atoms. The molecule has 2 aliphatic carbocycles. The van der Waals surface area contributed by atoms with Gasteiger partial charge in [0.1, 0.15) is 5.82 Å². The maximum absolute atomic E-state index is 13.9. The Morgan fingerprint density at radius 3 is 2.65 bits per heavy atom. The molecule has 1 aromatic carbocycles. The van der Waals surface area contributed by atoms with Crippen LogP contribution in [0.1, 0.15) is 37.8 Å². The summed E-state index contributed by atoms with van der Waals surface area (Å²) in [6, 6.07) is 7.47. The molecule has 0 aromatic heterocycles. The zero-order chi connectivity index (χ0) is 11.8. The molecule has 2 saturated carbocycles. The van der Waals surface area contributed by atoms with Gasteiger partial charge in [0, 0.05) is 11.6 Å². The zero-order valence-electron chi connectivity index (χ0n) is 10.3. The highest BCUT2D eigenvalue weighted by molar-refractivity contribution is 5.25. The molecule has 1 aromatic rings. The smallest absolute Gasteiger partial charge is 0.127 e. The normalized spacial score (nSPS) is 32.2. The first-order chi connectivity index (χ1) is 8.33. The van der Waals surface area contributed by atoms with Crippen molar-refractivity contribution in [2.24, 2.45) is 17.8 Å². The first-order valence-corrected chi connectivity index (χ1v) is 6.80. The lowest BCUT2D eigenvalue weighted by molar-refractivity contribution is 0.411. The Hall–Kier alpha value is -0.890. The van der Waals surface area contributed by atoms with E-state index < -0.39 is 0 Å². The molecule has 2 fully saturated rings. The van der Waals surface area contributed by atoms with E-state index in [-0.39, 0.29) is 11.9 Å². The second kappa shape index (κ2) is 4.41. The molecule has 0 aliphatic heterocycles. The van der Waals surface area contributed by atoms with Crippen molar-refractivity contribution in [3.05, 3.63) is 35.6 Å². The molecular weight excluding hydrogens is 213 g/mol. The molecule has 0 saturated heterocycles. The van der Waals surface area contributed by atoms with Gasteiger partial charge in [-0.25, -0.2) is 4.39 Å². The van der Waals surface area contributed by atoms with Crippen LogP contribution in [0.3, 0.4) is 0 Å². The van der Waals surface area contributed by atoms with Gasteiger partial charge in [-0.15, -0.1) is 0 Å². The number of benzene rings is 1. The topological polar surface area (TPSA) is 12.0 Å². The van der Waals surface area contributed by atoms with Gasteiger partial charge < -0.3 is 5.32 Å². The van der Waals surface area contributed by atoms with Gasteiger partial charge in [-0.2, -0.15) is 0 Å². The van der Waals surface area contributed by atoms with Crippen LogP contribution in [0.2, 0.25) is 0 Å². The maximum Gasteiger partial charge on any atom is 0.127 e. The number of rotatable bonds is 4. The first-order valence-electron chi connectivity index (χ1n) is 6.80. The molecule has 92 valence electrons. The third kappa shape index (κ3) is 1.89. The summed E-state index contributed by atoms with van der Waals surface area (Å²) in [6.07, 6.45) is 4.08. The van der Waals surface area contributed by atoms with Crippen molar-refractivity contribution in [1.82, 2.24) is 5.32 Å². The molecule has 0 amide bonds. The summed E-state index contributed by atoms with van der Waals surface area (Å²) in [5.74, 6) is 2.35. The lowest BCUT2D eigenvalue weighted by Crippen LogP contribution is -2.25. The Balaban J connectivity index is 1.83. The summed E-state index contributed by atoms with van der Waals surface area (Å²) in [6.45, 7) is 3.01. The Morgan fingerprint density at radius 2 is 2.00 bits per heavy atom. The van der Waals surface area contributed by atoms with Crippen LogP contribution in [0.5, 0.6) is 0 Å². The van der Waals surface area contributed by atoms with Crippen LogP contribution in [0.15, 0.2) is 24.3 Å². The monoisotopic (exact) mass is 233 g/mol. The Morgan fingerprint density at radius 1 is 1.29 bits per heavy atom. The minimum absolute atomic E-state index is 0.0524. The van der Waals surface area contributed by atoms with Crippen molar-refractivity contribution in [2.75, 3.05) is 6.54 Å². The molecule has 2 aliphatic rings. The van der Waals surface area contributed by atoms with E-state index in [9.17, 15) is 4.39 Å². The van der Waals surface area contributed by atoms with Crippen molar-refractivity contribution in [1.29, 1.82) is 0 Å². The van der Waals surface area contributed by atoms with Crippen molar-refractivity contribution in [3.8, 4) is 0 Å². The van der Waals surface area contributed by atoms with Gasteiger partial charge in [0.25, 0.3) is 0 Å². The Bertz CT molecular complexity index is 394. The lowest BCUT2D eigenvalue weighted by atomic mass is 9.96. The van der Waals surface area contributed by atoms with Gasteiger partial charge >= 0.3 is 0 Å². The standard InChI is InChI=1S/C15H20FN/c1-2-17-15(12-6-3-4-9-13(12)16)14-10-7-5-8-11(10)14/h3-4,6,9-11,14-15,17H,2,5,7-8H2,1H3. The Labute approximate surface area is 102 Å². The number of nitrogens with one attached hydrogen (secondary N) is 1. The number of halogens is 1. The average Bonchev–Trinajstić information content (AvgIpc) is 2.81. The largest absolute Gasteiger partial charge is 0.310 e. The molecule has 3 rings (SSSR count). The van der Waals surface area contributed by atoms with Crippen LogP contribution in [0.4, 0.5) is 4.39 Å². The average molecular weight is 233 g/mol. The third-order valence-corrected chi connectivity index (χ3v) is 4.52. The van der Waals surface area contributed by atoms with E-state index in [1.807, 2.05) is 12.1 Å². The third-order valence-electron chi connectivity index (χ3n) is 4.52. The zero-order valence-corrected chi connectivity index (χ0v) is 10.3. The van der Waals surface area contributed by atoms with Crippen molar-refractivity contribution in [3.63, 3.8) is 0 Å². The second-order valence-electron chi connectivity index (χ2n) is 5.39. The van der Waals surface area contributed by atoms with Crippen LogP contribution in [0, 0.1) is 23.6 Å². The number of hydrogen-bond donors (Lipinski definition) is 1. The van der Waals surface area contributed by atoms with Gasteiger partial charge in [0.15, 0.2) is 0 Å². The van der Waals surface area contributed by atoms with E-state index in [4.69, 9.17) is 0 Å². The molecule has 0 radical (unpaired) electrons. The molecule has 0 heterocycles. The molecule has 0 bridgehead atoms. The predicted molar refractivity (Wildman–Crippen MR) is 67.1 cm³/mol. The Kier molecular flexibility index (Phi) is 2.91. The summed E-state index contributed by atoms with van der Waals surface area (Å²) >= 11 is 0. The molecule has 1 N–H and O–H groups in total. The highest BCUT2D eigenvalue weighted by Crippen LogP contribution is 2.62. The van der Waals surface area contributed by atoms with Crippen molar-refractivity contribution >= 4 is 0 Å².